The quantitative estimate of drug-likeness (QED) is 0.289. The monoisotopic (exact) mass is 478 g/mol. The van der Waals surface area contributed by atoms with E-state index >= 15 is 0 Å². The normalized spacial score (nSPS) is 18.2. The van der Waals surface area contributed by atoms with E-state index in [4.69, 9.17) is 11.6 Å². The minimum atomic E-state index is -4.32. The summed E-state index contributed by atoms with van der Waals surface area (Å²) < 4.78 is 24.5. The molecule has 3 rings (SSSR count). The molecule has 1 unspecified atom stereocenters. The van der Waals surface area contributed by atoms with Crippen molar-refractivity contribution >= 4 is 50.0 Å². The minimum Gasteiger partial charge on any atom is -0.285 e. The Labute approximate surface area is 187 Å². The van der Waals surface area contributed by atoms with Gasteiger partial charge in [-0.15, -0.1) is 0 Å². The van der Waals surface area contributed by atoms with Crippen molar-refractivity contribution < 1.29 is 22.9 Å². The first-order chi connectivity index (χ1) is 14.7. The van der Waals surface area contributed by atoms with Crippen LogP contribution in [0.25, 0.3) is 0 Å². The molecule has 2 aromatic carbocycles. The van der Waals surface area contributed by atoms with Crippen molar-refractivity contribution in [1.82, 2.24) is 5.32 Å². The van der Waals surface area contributed by atoms with E-state index < -0.39 is 30.0 Å². The van der Waals surface area contributed by atoms with Crippen LogP contribution in [0.5, 0.6) is 0 Å². The molecule has 0 bridgehead atoms. The SMILES string of the molecule is O=C1NC(=O)C(CCCC#Cc2ccc(Cl)cc2)(S(=O)(=O)c2ccc([N+](=O)[O-])cc2)S1. The molecule has 1 fully saturated rings. The largest absolute Gasteiger partial charge is 0.287 e. The number of nitro groups is 1. The maximum absolute atomic E-state index is 13.3. The number of nitrogens with zero attached hydrogens (tertiary/aromatic N) is 1. The number of hydrogen-bond donors (Lipinski definition) is 1. The van der Waals surface area contributed by atoms with Crippen LogP contribution in [-0.2, 0) is 14.6 Å². The Morgan fingerprint density at radius 1 is 1.10 bits per heavy atom. The second kappa shape index (κ2) is 9.09. The molecule has 160 valence electrons. The topological polar surface area (TPSA) is 123 Å². The molecule has 2 aromatic rings. The molecule has 1 aliphatic rings. The van der Waals surface area contributed by atoms with E-state index in [0.717, 1.165) is 29.8 Å². The molecule has 1 atom stereocenters. The number of carbonyl (C=O) groups is 2. The first-order valence-corrected chi connectivity index (χ1v) is 11.6. The molecule has 1 N–H and O–H groups in total. The van der Waals surface area contributed by atoms with Gasteiger partial charge in [0.1, 0.15) is 0 Å². The number of nitro benzene ring substituents is 1. The lowest BCUT2D eigenvalue weighted by atomic mass is 10.1. The lowest BCUT2D eigenvalue weighted by molar-refractivity contribution is -0.384. The smallest absolute Gasteiger partial charge is 0.285 e. The highest BCUT2D eigenvalue weighted by atomic mass is 35.5. The van der Waals surface area contributed by atoms with Gasteiger partial charge in [0.2, 0.25) is 13.9 Å². The van der Waals surface area contributed by atoms with E-state index in [-0.39, 0.29) is 23.4 Å². The maximum Gasteiger partial charge on any atom is 0.287 e. The van der Waals surface area contributed by atoms with Crippen molar-refractivity contribution in [1.29, 1.82) is 0 Å². The van der Waals surface area contributed by atoms with Gasteiger partial charge in [-0.05, 0) is 61.0 Å². The van der Waals surface area contributed by atoms with Crippen molar-refractivity contribution in [3.8, 4) is 11.8 Å². The lowest BCUT2D eigenvalue weighted by Gasteiger charge is -2.24. The van der Waals surface area contributed by atoms with E-state index in [0.29, 0.717) is 23.2 Å². The average molecular weight is 479 g/mol. The van der Waals surface area contributed by atoms with Gasteiger partial charge < -0.3 is 0 Å². The highest BCUT2D eigenvalue weighted by molar-refractivity contribution is 8.25. The highest BCUT2D eigenvalue weighted by Gasteiger charge is 2.57. The fraction of sp³-hybridized carbons (Fsp3) is 0.200. The number of benzene rings is 2. The Hall–Kier alpha value is -2.87. The number of halogens is 1. The summed E-state index contributed by atoms with van der Waals surface area (Å²) in [7, 11) is -4.32. The number of sulfone groups is 1. The average Bonchev–Trinajstić information content (AvgIpc) is 3.03. The Bertz CT molecular complexity index is 1200. The van der Waals surface area contributed by atoms with Crippen LogP contribution in [0, 0.1) is 22.0 Å². The summed E-state index contributed by atoms with van der Waals surface area (Å²) in [5.41, 5.74) is 0.450. The van der Waals surface area contributed by atoms with Crippen molar-refractivity contribution in [3.63, 3.8) is 0 Å². The summed E-state index contributed by atoms with van der Waals surface area (Å²) in [5.74, 6) is 4.91. The number of nitrogens with one attached hydrogen (secondary N) is 1. The first-order valence-electron chi connectivity index (χ1n) is 8.94. The van der Waals surface area contributed by atoms with Gasteiger partial charge in [0.05, 0.1) is 9.82 Å². The molecule has 31 heavy (non-hydrogen) atoms. The molecule has 2 amide bonds. The zero-order valence-electron chi connectivity index (χ0n) is 15.8. The van der Waals surface area contributed by atoms with Crippen molar-refractivity contribution in [2.75, 3.05) is 0 Å². The molecule has 0 radical (unpaired) electrons. The lowest BCUT2D eigenvalue weighted by Crippen LogP contribution is -2.43. The summed E-state index contributed by atoms with van der Waals surface area (Å²) in [4.78, 5) is 34.2. The van der Waals surface area contributed by atoms with E-state index in [1.807, 2.05) is 5.32 Å². The summed E-state index contributed by atoms with van der Waals surface area (Å²) in [6.07, 6.45) is 0.381. The predicted molar refractivity (Wildman–Crippen MR) is 116 cm³/mol. The Morgan fingerprint density at radius 2 is 1.74 bits per heavy atom. The van der Waals surface area contributed by atoms with Gasteiger partial charge in [0, 0.05) is 29.1 Å². The number of amides is 2. The second-order valence-electron chi connectivity index (χ2n) is 6.51. The van der Waals surface area contributed by atoms with Crippen molar-refractivity contribution in [3.05, 3.63) is 69.2 Å². The Balaban J connectivity index is 1.81. The van der Waals surface area contributed by atoms with Gasteiger partial charge in [-0.2, -0.15) is 0 Å². The molecular formula is C20H15ClN2O6S2. The molecule has 8 nitrogen and oxygen atoms in total. The van der Waals surface area contributed by atoms with Crippen LogP contribution in [0.15, 0.2) is 53.4 Å². The van der Waals surface area contributed by atoms with Gasteiger partial charge in [-0.25, -0.2) is 8.42 Å². The third-order valence-corrected chi connectivity index (χ3v) is 8.81. The second-order valence-corrected chi connectivity index (χ2v) is 10.7. The number of non-ortho nitro benzene ring substituents is 1. The zero-order valence-corrected chi connectivity index (χ0v) is 18.2. The molecule has 0 saturated carbocycles. The van der Waals surface area contributed by atoms with Crippen LogP contribution < -0.4 is 5.32 Å². The predicted octanol–water partition coefficient (Wildman–Crippen LogP) is 3.92. The highest BCUT2D eigenvalue weighted by Crippen LogP contribution is 2.44. The van der Waals surface area contributed by atoms with Crippen LogP contribution in [-0.4, -0.2) is 28.6 Å². The van der Waals surface area contributed by atoms with Gasteiger partial charge in [0.25, 0.3) is 16.8 Å². The van der Waals surface area contributed by atoms with E-state index in [1.165, 1.54) is 0 Å². The van der Waals surface area contributed by atoms with Crippen LogP contribution in [0.3, 0.4) is 0 Å². The summed E-state index contributed by atoms with van der Waals surface area (Å²) >= 11 is 6.23. The van der Waals surface area contributed by atoms with E-state index in [2.05, 4.69) is 11.8 Å². The molecule has 1 saturated heterocycles. The number of imide groups is 1. The molecule has 0 spiro atoms. The van der Waals surface area contributed by atoms with E-state index in [1.54, 1.807) is 24.3 Å². The maximum atomic E-state index is 13.3. The molecule has 1 heterocycles. The number of unbranched alkanes of at least 4 members (excludes halogenated alkanes) is 1. The first kappa shape index (κ1) is 22.8. The number of hydrogen-bond acceptors (Lipinski definition) is 7. The molecule has 0 aromatic heterocycles. The van der Waals surface area contributed by atoms with Crippen LogP contribution in [0.2, 0.25) is 5.02 Å². The fourth-order valence-corrected chi connectivity index (χ4v) is 6.43. The fourth-order valence-electron chi connectivity index (χ4n) is 2.93. The molecule has 0 aliphatic carbocycles. The number of thioether (sulfide) groups is 1. The van der Waals surface area contributed by atoms with Gasteiger partial charge >= 0.3 is 0 Å². The Kier molecular flexibility index (Phi) is 6.69. The minimum absolute atomic E-state index is 0.149. The van der Waals surface area contributed by atoms with Gasteiger partial charge in [-0.3, -0.25) is 25.0 Å². The zero-order chi connectivity index (χ0) is 22.6. The van der Waals surface area contributed by atoms with Gasteiger partial charge in [-0.1, -0.05) is 23.4 Å². The van der Waals surface area contributed by atoms with Crippen molar-refractivity contribution in [2.45, 2.75) is 28.2 Å². The molecule has 11 heteroatoms. The molecular weight excluding hydrogens is 464 g/mol. The molecule has 1 aliphatic heterocycles. The van der Waals surface area contributed by atoms with Gasteiger partial charge in [0.15, 0.2) is 0 Å². The summed E-state index contributed by atoms with van der Waals surface area (Å²) in [5, 5.41) is 12.7. The third kappa shape index (κ3) is 4.74. The third-order valence-electron chi connectivity index (χ3n) is 4.50. The van der Waals surface area contributed by atoms with Crippen LogP contribution in [0.1, 0.15) is 24.8 Å². The Morgan fingerprint density at radius 3 is 2.29 bits per heavy atom. The summed E-state index contributed by atoms with van der Waals surface area (Å²) in [6.45, 7) is 0. The van der Waals surface area contributed by atoms with Crippen molar-refractivity contribution in [2.24, 2.45) is 0 Å². The number of rotatable bonds is 6. The number of carbonyl (C=O) groups excluding carboxylic acids is 2. The standard InChI is InChI=1S/C20H15ClN2O6S2/c21-15-7-5-14(6-8-15)4-2-1-3-13-20(18(24)22-19(25)30-20)31(28,29)17-11-9-16(10-12-17)23(26)27/h5-12H,1,3,13H2,(H,22,24,25). The van der Waals surface area contributed by atoms with E-state index in [9.17, 15) is 28.1 Å². The summed E-state index contributed by atoms with van der Waals surface area (Å²) in [6, 6.07) is 11.1. The van der Waals surface area contributed by atoms with Crippen LogP contribution in [0.4, 0.5) is 10.5 Å². The van der Waals surface area contributed by atoms with Crippen LogP contribution >= 0.6 is 23.4 Å².